The summed E-state index contributed by atoms with van der Waals surface area (Å²) in [6, 6.07) is 21.5. The highest BCUT2D eigenvalue weighted by Crippen LogP contribution is 2.36. The molecular weight excluding hydrogens is 446 g/mol. The van der Waals surface area contributed by atoms with Gasteiger partial charge in [0.15, 0.2) is 0 Å². The third kappa shape index (κ3) is 4.26. The van der Waals surface area contributed by atoms with Gasteiger partial charge >= 0.3 is 0 Å². The third-order valence-corrected chi connectivity index (χ3v) is 7.33. The molecule has 2 amide bonds. The summed E-state index contributed by atoms with van der Waals surface area (Å²) < 4.78 is 5.32. The largest absolute Gasteiger partial charge is 0.497 e. The van der Waals surface area contributed by atoms with Crippen LogP contribution in [0.3, 0.4) is 0 Å². The van der Waals surface area contributed by atoms with Gasteiger partial charge in [0.2, 0.25) is 5.91 Å². The lowest BCUT2D eigenvalue weighted by Gasteiger charge is -2.22. The number of hydrogen-bond acceptors (Lipinski definition) is 4. The Hall–Kier alpha value is -3.71. The normalized spacial score (nSPS) is 15.9. The summed E-state index contributed by atoms with van der Waals surface area (Å²) in [6.45, 7) is 2.29. The van der Waals surface area contributed by atoms with Crippen LogP contribution in [-0.2, 0) is 4.79 Å². The number of ether oxygens (including phenoxy) is 1. The molecule has 0 aliphatic carbocycles. The van der Waals surface area contributed by atoms with E-state index in [-0.39, 0.29) is 23.0 Å². The van der Waals surface area contributed by atoms with Crippen molar-refractivity contribution in [3.8, 4) is 5.75 Å². The zero-order chi connectivity index (χ0) is 23.7. The number of carbonyl (C=O) groups is 2. The highest BCUT2D eigenvalue weighted by atomic mass is 32.2. The molecule has 2 unspecified atom stereocenters. The maximum absolute atomic E-state index is 13.1. The molecule has 1 aliphatic rings. The minimum Gasteiger partial charge on any atom is -0.497 e. The summed E-state index contributed by atoms with van der Waals surface area (Å²) in [5.41, 5.74) is 4.45. The van der Waals surface area contributed by atoms with Crippen LogP contribution < -0.4 is 15.4 Å². The van der Waals surface area contributed by atoms with Gasteiger partial charge in [-0.25, -0.2) is 0 Å². The number of amides is 2. The standard InChI is InChI=1S/C27H25N3O3S/c1-16-26(31)30-24-13-18(9-12-25(24)34-16)27(32)29-14-21(17-7-10-19(33-2)11-8-17)22-15-28-23-6-4-3-5-20(22)23/h3-13,15-16,21,28H,14H2,1-2H3,(H,29,32)(H,30,31). The molecule has 0 radical (unpaired) electrons. The van der Waals surface area contributed by atoms with Crippen LogP contribution in [0.5, 0.6) is 5.75 Å². The van der Waals surface area contributed by atoms with Gasteiger partial charge in [-0.15, -0.1) is 11.8 Å². The number of nitrogens with one attached hydrogen (secondary N) is 3. The lowest BCUT2D eigenvalue weighted by atomic mass is 9.90. The highest BCUT2D eigenvalue weighted by molar-refractivity contribution is 8.00. The lowest BCUT2D eigenvalue weighted by Crippen LogP contribution is -2.30. The van der Waals surface area contributed by atoms with Crippen LogP contribution in [0.2, 0.25) is 0 Å². The molecule has 3 aromatic carbocycles. The van der Waals surface area contributed by atoms with Crippen molar-refractivity contribution in [3.05, 3.63) is 89.6 Å². The number of H-pyrrole nitrogens is 1. The Labute approximate surface area is 202 Å². The first-order chi connectivity index (χ1) is 16.5. The molecule has 1 aliphatic heterocycles. The number of aromatic amines is 1. The van der Waals surface area contributed by atoms with Crippen molar-refractivity contribution in [2.24, 2.45) is 0 Å². The first-order valence-corrected chi connectivity index (χ1v) is 12.0. The van der Waals surface area contributed by atoms with E-state index in [0.29, 0.717) is 17.8 Å². The first kappa shape index (κ1) is 22.1. The number of para-hydroxylation sites is 1. The van der Waals surface area contributed by atoms with Crippen molar-refractivity contribution in [1.29, 1.82) is 0 Å². The number of benzene rings is 3. The topological polar surface area (TPSA) is 83.2 Å². The van der Waals surface area contributed by atoms with Crippen LogP contribution in [0, 0.1) is 0 Å². The molecule has 4 aromatic rings. The fourth-order valence-electron chi connectivity index (χ4n) is 4.27. The Balaban J connectivity index is 1.41. The SMILES string of the molecule is COc1ccc(C(CNC(=O)c2ccc3c(c2)NC(=O)C(C)S3)c2c[nH]c3ccccc23)cc1. The molecule has 172 valence electrons. The fraction of sp³-hybridized carbons (Fsp3) is 0.185. The minimum atomic E-state index is -0.181. The number of fused-ring (bicyclic) bond motifs is 2. The summed E-state index contributed by atoms with van der Waals surface area (Å²) in [4.78, 5) is 29.5. The van der Waals surface area contributed by atoms with Gasteiger partial charge < -0.3 is 20.4 Å². The lowest BCUT2D eigenvalue weighted by molar-refractivity contribution is -0.115. The van der Waals surface area contributed by atoms with Crippen LogP contribution in [-0.4, -0.2) is 35.7 Å². The van der Waals surface area contributed by atoms with Crippen LogP contribution in [0.1, 0.15) is 34.3 Å². The molecule has 7 heteroatoms. The quantitative estimate of drug-likeness (QED) is 0.362. The molecule has 3 N–H and O–H groups in total. The van der Waals surface area contributed by atoms with Gasteiger partial charge in [-0.05, 0) is 54.4 Å². The molecule has 2 atom stereocenters. The Bertz CT molecular complexity index is 1360. The average molecular weight is 472 g/mol. The Morgan fingerprint density at radius 2 is 1.91 bits per heavy atom. The molecule has 6 nitrogen and oxygen atoms in total. The van der Waals surface area contributed by atoms with E-state index in [1.807, 2.05) is 61.7 Å². The van der Waals surface area contributed by atoms with Crippen molar-refractivity contribution in [3.63, 3.8) is 0 Å². The van der Waals surface area contributed by atoms with Gasteiger partial charge in [0.25, 0.3) is 5.91 Å². The van der Waals surface area contributed by atoms with Gasteiger partial charge in [0, 0.05) is 40.0 Å². The Morgan fingerprint density at radius 3 is 2.71 bits per heavy atom. The number of methoxy groups -OCH3 is 1. The van der Waals surface area contributed by atoms with Crippen molar-refractivity contribution < 1.29 is 14.3 Å². The van der Waals surface area contributed by atoms with E-state index in [2.05, 4.69) is 21.7 Å². The van der Waals surface area contributed by atoms with Crippen molar-refractivity contribution in [2.45, 2.75) is 23.0 Å². The maximum atomic E-state index is 13.1. The number of hydrogen-bond donors (Lipinski definition) is 3. The molecule has 0 spiro atoms. The first-order valence-electron chi connectivity index (χ1n) is 11.1. The van der Waals surface area contributed by atoms with Crippen LogP contribution in [0.15, 0.2) is 77.8 Å². The second-order valence-corrected chi connectivity index (χ2v) is 9.67. The van der Waals surface area contributed by atoms with Crippen molar-refractivity contribution in [2.75, 3.05) is 19.0 Å². The highest BCUT2D eigenvalue weighted by Gasteiger charge is 2.24. The van der Waals surface area contributed by atoms with Gasteiger partial charge in [-0.1, -0.05) is 30.3 Å². The molecule has 34 heavy (non-hydrogen) atoms. The van der Waals surface area contributed by atoms with E-state index in [4.69, 9.17) is 4.74 Å². The fourth-order valence-corrected chi connectivity index (χ4v) is 5.20. The molecule has 1 aromatic heterocycles. The monoisotopic (exact) mass is 471 g/mol. The smallest absolute Gasteiger partial charge is 0.251 e. The summed E-state index contributed by atoms with van der Waals surface area (Å²) >= 11 is 1.50. The number of anilines is 1. The predicted molar refractivity (Wildman–Crippen MR) is 136 cm³/mol. The summed E-state index contributed by atoms with van der Waals surface area (Å²) in [5.74, 6) is 0.501. The second kappa shape index (κ2) is 9.27. The van der Waals surface area contributed by atoms with Crippen molar-refractivity contribution in [1.82, 2.24) is 10.3 Å². The summed E-state index contributed by atoms with van der Waals surface area (Å²) in [5, 5.41) is 6.98. The van der Waals surface area contributed by atoms with E-state index in [1.165, 1.54) is 11.8 Å². The molecule has 0 fully saturated rings. The molecule has 0 saturated heterocycles. The number of rotatable bonds is 6. The zero-order valence-electron chi connectivity index (χ0n) is 18.9. The molecule has 5 rings (SSSR count). The van der Waals surface area contributed by atoms with Crippen LogP contribution in [0.4, 0.5) is 5.69 Å². The van der Waals surface area contributed by atoms with E-state index in [1.54, 1.807) is 19.2 Å². The second-order valence-electron chi connectivity index (χ2n) is 8.29. The van der Waals surface area contributed by atoms with Gasteiger partial charge in [-0.3, -0.25) is 9.59 Å². The van der Waals surface area contributed by atoms with Gasteiger partial charge in [0.05, 0.1) is 18.0 Å². The number of aromatic nitrogens is 1. The molecule has 0 saturated carbocycles. The average Bonchev–Trinajstić information content (AvgIpc) is 3.29. The van der Waals surface area contributed by atoms with Gasteiger partial charge in [-0.2, -0.15) is 0 Å². The van der Waals surface area contributed by atoms with Crippen LogP contribution >= 0.6 is 11.8 Å². The maximum Gasteiger partial charge on any atom is 0.251 e. The minimum absolute atomic E-state index is 0.0473. The number of thioether (sulfide) groups is 1. The van der Waals surface area contributed by atoms with Crippen molar-refractivity contribution >= 4 is 40.2 Å². The molecule has 2 heterocycles. The zero-order valence-corrected chi connectivity index (χ0v) is 19.7. The third-order valence-electron chi connectivity index (χ3n) is 6.15. The summed E-state index contributed by atoms with van der Waals surface area (Å²) in [6.07, 6.45) is 2.01. The number of carbonyl (C=O) groups excluding carboxylic acids is 2. The van der Waals surface area contributed by atoms with E-state index in [0.717, 1.165) is 32.7 Å². The Morgan fingerprint density at radius 1 is 1.12 bits per heavy atom. The van der Waals surface area contributed by atoms with E-state index < -0.39 is 0 Å². The van der Waals surface area contributed by atoms with Crippen LogP contribution in [0.25, 0.3) is 10.9 Å². The summed E-state index contributed by atoms with van der Waals surface area (Å²) in [7, 11) is 1.65. The van der Waals surface area contributed by atoms with E-state index in [9.17, 15) is 9.59 Å². The predicted octanol–water partition coefficient (Wildman–Crippen LogP) is 5.17. The van der Waals surface area contributed by atoms with E-state index >= 15 is 0 Å². The molecule has 0 bridgehead atoms. The Kier molecular flexibility index (Phi) is 6.02. The van der Waals surface area contributed by atoms with Gasteiger partial charge in [0.1, 0.15) is 5.75 Å². The molecular formula is C27H25N3O3S.